The molecule has 0 spiro atoms. The van der Waals surface area contributed by atoms with Crippen LogP contribution in [0.4, 0.5) is 0 Å². The number of nitrogens with zero attached hydrogens (tertiary/aromatic N) is 9. The molecule has 200 valence electrons. The molecule has 0 aliphatic rings. The van der Waals surface area contributed by atoms with Gasteiger partial charge in [-0.15, -0.1) is 0 Å². The molecule has 9 nitrogen and oxygen atoms in total. The summed E-state index contributed by atoms with van der Waals surface area (Å²) in [6.07, 6.45) is 0. The van der Waals surface area contributed by atoms with E-state index in [0.29, 0.717) is 52.4 Å². The Hall–Kier alpha value is -5.31. The molecule has 3 heterocycles. The topological polar surface area (TPSA) is 116 Å². The van der Waals surface area contributed by atoms with E-state index < -0.39 is 0 Å². The minimum absolute atomic E-state index is 0.535. The number of benzene rings is 3. The fourth-order valence-electron chi connectivity index (χ4n) is 4.69. The van der Waals surface area contributed by atoms with Crippen LogP contribution in [0.5, 0.6) is 0 Å². The SMILES string of the molecule is Cc1nc(C)nc(-c2cc(-c3nc(C)nc(C)n3)cc(-c3nc(C)nc(-c4ccc(-c5ccccc5)cc4)n3)c2)n1. The molecular formula is C32H27N9. The molecule has 0 unspecified atom stereocenters. The van der Waals surface area contributed by atoms with Crippen LogP contribution in [0.2, 0.25) is 0 Å². The lowest BCUT2D eigenvalue weighted by molar-refractivity contribution is 0.925. The summed E-state index contributed by atoms with van der Waals surface area (Å²) in [5.74, 6) is 5.43. The summed E-state index contributed by atoms with van der Waals surface area (Å²) in [7, 11) is 0. The second-order valence-electron chi connectivity index (χ2n) is 9.78. The van der Waals surface area contributed by atoms with Gasteiger partial charge in [-0.3, -0.25) is 0 Å². The van der Waals surface area contributed by atoms with E-state index >= 15 is 0 Å². The number of hydrogen-bond acceptors (Lipinski definition) is 9. The largest absolute Gasteiger partial charge is 0.219 e. The second-order valence-corrected chi connectivity index (χ2v) is 9.78. The van der Waals surface area contributed by atoms with Gasteiger partial charge >= 0.3 is 0 Å². The van der Waals surface area contributed by atoms with Crippen molar-refractivity contribution in [2.24, 2.45) is 0 Å². The van der Waals surface area contributed by atoms with Crippen molar-refractivity contribution < 1.29 is 0 Å². The van der Waals surface area contributed by atoms with Crippen LogP contribution in [0.15, 0.2) is 72.8 Å². The summed E-state index contributed by atoms with van der Waals surface area (Å²) in [5, 5.41) is 0. The van der Waals surface area contributed by atoms with E-state index in [1.54, 1.807) is 0 Å². The van der Waals surface area contributed by atoms with Crippen LogP contribution in [0.1, 0.15) is 29.1 Å². The molecule has 0 fully saturated rings. The minimum Gasteiger partial charge on any atom is -0.219 e. The van der Waals surface area contributed by atoms with Crippen LogP contribution in [0.25, 0.3) is 56.7 Å². The Morgan fingerprint density at radius 1 is 0.293 bits per heavy atom. The van der Waals surface area contributed by atoms with Crippen LogP contribution in [0, 0.1) is 34.6 Å². The first kappa shape index (κ1) is 25.9. The Morgan fingerprint density at radius 2 is 0.610 bits per heavy atom. The number of aryl methyl sites for hydroxylation is 5. The third-order valence-corrected chi connectivity index (χ3v) is 6.42. The number of hydrogen-bond donors (Lipinski definition) is 0. The zero-order chi connectivity index (χ0) is 28.5. The van der Waals surface area contributed by atoms with E-state index in [2.05, 4.69) is 59.2 Å². The molecule has 0 saturated carbocycles. The molecule has 6 aromatic rings. The van der Waals surface area contributed by atoms with Crippen molar-refractivity contribution >= 4 is 0 Å². The van der Waals surface area contributed by atoms with E-state index in [0.717, 1.165) is 33.4 Å². The van der Waals surface area contributed by atoms with Crippen molar-refractivity contribution in [1.82, 2.24) is 44.9 Å². The highest BCUT2D eigenvalue weighted by Crippen LogP contribution is 2.31. The first-order chi connectivity index (χ1) is 19.8. The highest BCUT2D eigenvalue weighted by atomic mass is 15.0. The molecule has 3 aromatic carbocycles. The predicted octanol–water partition coefficient (Wildman–Crippen LogP) is 6.12. The number of aromatic nitrogens is 9. The Bertz CT molecular complexity index is 1780. The van der Waals surface area contributed by atoms with Crippen molar-refractivity contribution in [3.63, 3.8) is 0 Å². The van der Waals surface area contributed by atoms with Crippen LogP contribution >= 0.6 is 0 Å². The molecule has 3 aromatic heterocycles. The van der Waals surface area contributed by atoms with Crippen molar-refractivity contribution in [2.75, 3.05) is 0 Å². The monoisotopic (exact) mass is 537 g/mol. The maximum atomic E-state index is 4.89. The van der Waals surface area contributed by atoms with Gasteiger partial charge in [-0.2, -0.15) is 0 Å². The third kappa shape index (κ3) is 5.69. The third-order valence-electron chi connectivity index (χ3n) is 6.42. The van der Waals surface area contributed by atoms with E-state index in [-0.39, 0.29) is 0 Å². The van der Waals surface area contributed by atoms with Crippen molar-refractivity contribution in [2.45, 2.75) is 34.6 Å². The van der Waals surface area contributed by atoms with Gasteiger partial charge in [-0.25, -0.2) is 44.9 Å². The van der Waals surface area contributed by atoms with Crippen LogP contribution < -0.4 is 0 Å². The van der Waals surface area contributed by atoms with E-state index in [4.69, 9.17) is 9.97 Å². The maximum Gasteiger partial charge on any atom is 0.163 e. The summed E-state index contributed by atoms with van der Waals surface area (Å²) in [6.45, 7) is 9.28. The van der Waals surface area contributed by atoms with Crippen molar-refractivity contribution in [3.05, 3.63) is 102 Å². The molecule has 9 heteroatoms. The molecule has 6 rings (SSSR count). The first-order valence-corrected chi connectivity index (χ1v) is 13.2. The molecular weight excluding hydrogens is 510 g/mol. The lowest BCUT2D eigenvalue weighted by atomic mass is 10.0. The van der Waals surface area contributed by atoms with Gasteiger partial charge in [0.2, 0.25) is 0 Å². The van der Waals surface area contributed by atoms with Gasteiger partial charge in [0.25, 0.3) is 0 Å². The van der Waals surface area contributed by atoms with Gasteiger partial charge in [0.1, 0.15) is 29.1 Å². The van der Waals surface area contributed by atoms with E-state index in [1.165, 1.54) is 0 Å². The zero-order valence-corrected chi connectivity index (χ0v) is 23.5. The summed E-state index contributed by atoms with van der Waals surface area (Å²) in [4.78, 5) is 41.3. The van der Waals surface area contributed by atoms with Crippen LogP contribution in [-0.4, -0.2) is 44.9 Å². The van der Waals surface area contributed by atoms with Crippen LogP contribution in [0.3, 0.4) is 0 Å². The first-order valence-electron chi connectivity index (χ1n) is 13.2. The van der Waals surface area contributed by atoms with Gasteiger partial charge in [0.05, 0.1) is 0 Å². The highest BCUT2D eigenvalue weighted by molar-refractivity contribution is 5.76. The van der Waals surface area contributed by atoms with Gasteiger partial charge < -0.3 is 0 Å². The Kier molecular flexibility index (Phi) is 6.76. The molecule has 0 bridgehead atoms. The average Bonchev–Trinajstić information content (AvgIpc) is 2.96. The maximum absolute atomic E-state index is 4.89. The molecule has 0 N–H and O–H groups in total. The molecule has 0 saturated heterocycles. The van der Waals surface area contributed by atoms with Gasteiger partial charge in [-0.1, -0.05) is 54.6 Å². The summed E-state index contributed by atoms with van der Waals surface area (Å²) < 4.78 is 0. The molecule has 0 radical (unpaired) electrons. The summed E-state index contributed by atoms with van der Waals surface area (Å²) in [5.41, 5.74) is 5.53. The molecule has 0 aliphatic carbocycles. The summed E-state index contributed by atoms with van der Waals surface area (Å²) >= 11 is 0. The fraction of sp³-hybridized carbons (Fsp3) is 0.156. The van der Waals surface area contributed by atoms with E-state index in [1.807, 2.05) is 83.1 Å². The van der Waals surface area contributed by atoms with Gasteiger partial charge in [-0.05, 0) is 63.9 Å². The molecule has 0 aliphatic heterocycles. The van der Waals surface area contributed by atoms with Gasteiger partial charge in [0, 0.05) is 22.3 Å². The molecule has 0 atom stereocenters. The molecule has 0 amide bonds. The lowest BCUT2D eigenvalue weighted by Crippen LogP contribution is -2.03. The Labute approximate surface area is 238 Å². The Balaban J connectivity index is 1.48. The van der Waals surface area contributed by atoms with Crippen molar-refractivity contribution in [3.8, 4) is 56.7 Å². The predicted molar refractivity (Wildman–Crippen MR) is 157 cm³/mol. The van der Waals surface area contributed by atoms with E-state index in [9.17, 15) is 0 Å². The standard InChI is InChI=1S/C32H27N9/c1-18-33-19(2)36-30(35-18)26-15-27(31-37-20(3)34-21(4)38-31)17-28(16-26)32-40-22(5)39-29(41-32)25-13-11-24(12-14-25)23-9-7-6-8-10-23/h6-17H,1-5H3. The summed E-state index contributed by atoms with van der Waals surface area (Å²) in [6, 6.07) is 24.4. The lowest BCUT2D eigenvalue weighted by Gasteiger charge is -2.11. The quantitative estimate of drug-likeness (QED) is 0.256. The Morgan fingerprint density at radius 3 is 1.05 bits per heavy atom. The normalized spacial score (nSPS) is 11.0. The smallest absolute Gasteiger partial charge is 0.163 e. The van der Waals surface area contributed by atoms with Crippen LogP contribution in [-0.2, 0) is 0 Å². The second kappa shape index (κ2) is 10.7. The fourth-order valence-corrected chi connectivity index (χ4v) is 4.69. The minimum atomic E-state index is 0.535. The van der Waals surface area contributed by atoms with Crippen molar-refractivity contribution in [1.29, 1.82) is 0 Å². The number of rotatable bonds is 5. The zero-order valence-electron chi connectivity index (χ0n) is 23.5. The highest BCUT2D eigenvalue weighted by Gasteiger charge is 2.16. The van der Waals surface area contributed by atoms with Gasteiger partial charge in [0.15, 0.2) is 23.3 Å². The molecule has 41 heavy (non-hydrogen) atoms. The average molecular weight is 538 g/mol.